The smallest absolute Gasteiger partial charge is 0.263 e. The molecule has 0 bridgehead atoms. The SMILES string of the molecule is O=[P@]1(c2cccc(F)c2)O[C@H](COCc2ccccc2)[C@@H](OCc2ccccc2)[C@H](OCc2ccccc2)[C@@H]1O. The Morgan fingerprint density at radius 1 is 0.700 bits per heavy atom. The largest absolute Gasteiger partial charge is 0.380 e. The minimum Gasteiger partial charge on any atom is -0.380 e. The molecule has 4 aromatic rings. The average Bonchev–Trinajstić information content (AvgIpc) is 2.99. The van der Waals surface area contributed by atoms with E-state index in [0.717, 1.165) is 22.8 Å². The lowest BCUT2D eigenvalue weighted by Crippen LogP contribution is -2.55. The van der Waals surface area contributed by atoms with Gasteiger partial charge in [-0.3, -0.25) is 4.57 Å². The van der Waals surface area contributed by atoms with Gasteiger partial charge in [0.2, 0.25) is 0 Å². The molecule has 0 radical (unpaired) electrons. The van der Waals surface area contributed by atoms with E-state index in [1.165, 1.54) is 18.2 Å². The number of hydrogen-bond donors (Lipinski definition) is 1. The van der Waals surface area contributed by atoms with E-state index in [-0.39, 0.29) is 25.1 Å². The molecule has 8 heteroatoms. The quantitative estimate of drug-likeness (QED) is 0.232. The van der Waals surface area contributed by atoms with Gasteiger partial charge in [0, 0.05) is 5.30 Å². The zero-order chi connectivity index (χ0) is 27.8. The number of ether oxygens (including phenoxy) is 3. The lowest BCUT2D eigenvalue weighted by molar-refractivity contribution is -0.174. The monoisotopic (exact) mass is 562 g/mol. The molecule has 40 heavy (non-hydrogen) atoms. The summed E-state index contributed by atoms with van der Waals surface area (Å²) < 4.78 is 53.3. The van der Waals surface area contributed by atoms with Crippen molar-refractivity contribution in [2.45, 2.75) is 44.0 Å². The van der Waals surface area contributed by atoms with Crippen LogP contribution in [0.5, 0.6) is 0 Å². The molecule has 0 amide bonds. The van der Waals surface area contributed by atoms with Crippen LogP contribution in [-0.4, -0.2) is 35.9 Å². The number of hydrogen-bond acceptors (Lipinski definition) is 6. The van der Waals surface area contributed by atoms with E-state index in [2.05, 4.69) is 0 Å². The third-order valence-corrected chi connectivity index (χ3v) is 9.33. The van der Waals surface area contributed by atoms with Gasteiger partial charge >= 0.3 is 0 Å². The van der Waals surface area contributed by atoms with Crippen molar-refractivity contribution in [3.63, 3.8) is 0 Å². The van der Waals surface area contributed by atoms with E-state index in [4.69, 9.17) is 18.7 Å². The summed E-state index contributed by atoms with van der Waals surface area (Å²) in [5, 5.41) is 11.6. The Morgan fingerprint density at radius 2 is 1.23 bits per heavy atom. The van der Waals surface area contributed by atoms with Crippen molar-refractivity contribution in [1.29, 1.82) is 0 Å². The van der Waals surface area contributed by atoms with Crippen LogP contribution in [0.3, 0.4) is 0 Å². The molecular formula is C32H32FO6P. The van der Waals surface area contributed by atoms with Crippen molar-refractivity contribution < 1.29 is 32.8 Å². The van der Waals surface area contributed by atoms with Crippen molar-refractivity contribution >= 4 is 12.7 Å². The molecule has 1 saturated heterocycles. The Kier molecular flexibility index (Phi) is 9.55. The van der Waals surface area contributed by atoms with E-state index < -0.39 is 37.3 Å². The van der Waals surface area contributed by atoms with Crippen LogP contribution in [-0.2, 0) is 43.1 Å². The molecular weight excluding hydrogens is 530 g/mol. The number of halogens is 1. The predicted octanol–water partition coefficient (Wildman–Crippen LogP) is 5.83. The molecule has 1 heterocycles. The van der Waals surface area contributed by atoms with E-state index in [1.54, 1.807) is 0 Å². The van der Waals surface area contributed by atoms with E-state index >= 15 is 0 Å². The highest BCUT2D eigenvalue weighted by Gasteiger charge is 2.54. The fraction of sp³-hybridized carbons (Fsp3) is 0.250. The van der Waals surface area contributed by atoms with Crippen molar-refractivity contribution in [2.75, 3.05) is 6.61 Å². The van der Waals surface area contributed by atoms with E-state index in [0.29, 0.717) is 6.61 Å². The second kappa shape index (κ2) is 13.5. The molecule has 0 unspecified atom stereocenters. The summed E-state index contributed by atoms with van der Waals surface area (Å²) in [5.41, 5.74) is 2.76. The Labute approximate surface area is 233 Å². The van der Waals surface area contributed by atoms with E-state index in [1.807, 2.05) is 91.0 Å². The molecule has 208 valence electrons. The second-order valence-electron chi connectivity index (χ2n) is 9.66. The Balaban J connectivity index is 1.45. The Hall–Kier alpha value is -3.16. The molecule has 5 rings (SSSR count). The minimum atomic E-state index is -4.03. The van der Waals surface area contributed by atoms with Gasteiger partial charge in [0.1, 0.15) is 24.1 Å². The second-order valence-corrected chi connectivity index (χ2v) is 12.1. The highest BCUT2D eigenvalue weighted by atomic mass is 31.2. The first-order valence-corrected chi connectivity index (χ1v) is 14.9. The van der Waals surface area contributed by atoms with Gasteiger partial charge in [-0.15, -0.1) is 0 Å². The standard InChI is InChI=1S/C32H32FO6P/c33-27-17-10-18-28(19-27)40(35)32(34)31(38-22-26-15-8-3-9-16-26)30(37-21-25-13-6-2-7-14-25)29(39-40)23-36-20-24-11-4-1-5-12-24/h1-19,29-32,34H,20-23H2/t29-,30-,31+,32-,40-/m1/s1. The van der Waals surface area contributed by atoms with Crippen LogP contribution >= 0.6 is 7.37 Å². The lowest BCUT2D eigenvalue weighted by atomic mass is 10.1. The van der Waals surface area contributed by atoms with Crippen molar-refractivity contribution in [3.8, 4) is 0 Å². The summed E-state index contributed by atoms with van der Waals surface area (Å²) in [4.78, 5) is 0. The summed E-state index contributed by atoms with van der Waals surface area (Å²) in [7, 11) is -4.03. The fourth-order valence-electron chi connectivity index (χ4n) is 4.69. The minimum absolute atomic E-state index is 0.0194. The van der Waals surface area contributed by atoms with Crippen molar-refractivity contribution in [2.24, 2.45) is 0 Å². The molecule has 0 aliphatic carbocycles. The first-order chi connectivity index (χ1) is 19.5. The predicted molar refractivity (Wildman–Crippen MR) is 151 cm³/mol. The van der Waals surface area contributed by atoms with Crippen LogP contribution in [0.2, 0.25) is 0 Å². The molecule has 1 fully saturated rings. The zero-order valence-corrected chi connectivity index (χ0v) is 22.8. The van der Waals surface area contributed by atoms with Crippen LogP contribution in [0.15, 0.2) is 115 Å². The van der Waals surface area contributed by atoms with Gasteiger partial charge in [-0.2, -0.15) is 0 Å². The number of benzene rings is 4. The molecule has 0 spiro atoms. The highest BCUT2D eigenvalue weighted by molar-refractivity contribution is 7.67. The van der Waals surface area contributed by atoms with Crippen LogP contribution in [0.4, 0.5) is 4.39 Å². The van der Waals surface area contributed by atoms with Crippen molar-refractivity contribution in [1.82, 2.24) is 0 Å². The zero-order valence-electron chi connectivity index (χ0n) is 21.9. The lowest BCUT2D eigenvalue weighted by Gasteiger charge is -2.44. The molecule has 0 aromatic heterocycles. The third-order valence-electron chi connectivity index (χ3n) is 6.76. The maximum absolute atomic E-state index is 14.4. The summed E-state index contributed by atoms with van der Waals surface area (Å²) in [6, 6.07) is 34.0. The van der Waals surface area contributed by atoms with Gasteiger partial charge in [-0.1, -0.05) is 97.1 Å². The topological polar surface area (TPSA) is 74.2 Å². The third kappa shape index (κ3) is 6.94. The van der Waals surface area contributed by atoms with Gasteiger partial charge in [0.05, 0.1) is 26.4 Å². The summed E-state index contributed by atoms with van der Waals surface area (Å²) >= 11 is 0. The number of rotatable bonds is 11. The molecule has 4 aromatic carbocycles. The first kappa shape index (κ1) is 28.4. The summed E-state index contributed by atoms with van der Waals surface area (Å²) in [6.07, 6.45) is -2.74. The van der Waals surface area contributed by atoms with Gasteiger partial charge in [0.15, 0.2) is 5.85 Å². The van der Waals surface area contributed by atoms with Gasteiger partial charge < -0.3 is 23.8 Å². The maximum Gasteiger partial charge on any atom is 0.263 e. The number of aliphatic hydroxyl groups is 1. The molecule has 6 nitrogen and oxygen atoms in total. The molecule has 1 N–H and O–H groups in total. The first-order valence-electron chi connectivity index (χ1n) is 13.2. The summed E-state index contributed by atoms with van der Waals surface area (Å²) in [6.45, 7) is 0.681. The molecule has 1 aliphatic rings. The summed E-state index contributed by atoms with van der Waals surface area (Å²) in [5.74, 6) is -2.17. The molecule has 5 atom stereocenters. The van der Waals surface area contributed by atoms with Crippen LogP contribution < -0.4 is 5.30 Å². The maximum atomic E-state index is 14.4. The van der Waals surface area contributed by atoms with Gasteiger partial charge in [-0.25, -0.2) is 4.39 Å². The number of aliphatic hydroxyl groups excluding tert-OH is 1. The normalized spacial score (nSPS) is 24.6. The van der Waals surface area contributed by atoms with Crippen molar-refractivity contribution in [3.05, 3.63) is 138 Å². The van der Waals surface area contributed by atoms with Crippen LogP contribution in [0.25, 0.3) is 0 Å². The fourth-order valence-corrected chi connectivity index (χ4v) is 7.07. The van der Waals surface area contributed by atoms with Crippen LogP contribution in [0.1, 0.15) is 16.7 Å². The van der Waals surface area contributed by atoms with Crippen LogP contribution in [0, 0.1) is 5.82 Å². The Bertz CT molecular complexity index is 1390. The highest BCUT2D eigenvalue weighted by Crippen LogP contribution is 2.57. The average molecular weight is 563 g/mol. The molecule has 1 aliphatic heterocycles. The van der Waals surface area contributed by atoms with Gasteiger partial charge in [0.25, 0.3) is 7.37 Å². The Morgan fingerprint density at radius 3 is 1.77 bits per heavy atom. The van der Waals surface area contributed by atoms with Gasteiger partial charge in [-0.05, 0) is 34.9 Å². The molecule has 0 saturated carbocycles. The van der Waals surface area contributed by atoms with E-state index in [9.17, 15) is 14.1 Å².